The van der Waals surface area contributed by atoms with Crippen molar-refractivity contribution in [3.63, 3.8) is 0 Å². The zero-order chi connectivity index (χ0) is 14.5. The average Bonchev–Trinajstić information content (AvgIpc) is 2.82. The molecule has 7 nitrogen and oxygen atoms in total. The van der Waals surface area contributed by atoms with Crippen LogP contribution in [0.25, 0.3) is 0 Å². The number of non-ortho nitro benzene ring substituents is 1. The van der Waals surface area contributed by atoms with Crippen LogP contribution in [0.3, 0.4) is 0 Å². The van der Waals surface area contributed by atoms with Crippen LogP contribution in [0, 0.1) is 16.0 Å². The first-order valence-corrected chi connectivity index (χ1v) is 6.45. The average molecular weight is 316 g/mol. The zero-order valence-electron chi connectivity index (χ0n) is 11.3. The Bertz CT molecular complexity index is 495. The normalized spacial score (nSPS) is 20.6. The molecule has 1 saturated heterocycles. The van der Waals surface area contributed by atoms with Crippen LogP contribution in [0.5, 0.6) is 0 Å². The van der Waals surface area contributed by atoms with E-state index in [-0.39, 0.29) is 36.3 Å². The number of β-amino-alcohol motifs (C(OH)–C–C–N with tert-alkyl or cyclic N) is 1. The van der Waals surface area contributed by atoms with Crippen LogP contribution in [0.1, 0.15) is 5.56 Å². The molecule has 1 aliphatic heterocycles. The summed E-state index contributed by atoms with van der Waals surface area (Å²) in [6.45, 7) is 1.68. The number of nitrogens with zero attached hydrogens (tertiary/aromatic N) is 1. The molecule has 21 heavy (non-hydrogen) atoms. The first kappa shape index (κ1) is 17.4. The Morgan fingerprint density at radius 3 is 2.57 bits per heavy atom. The summed E-state index contributed by atoms with van der Waals surface area (Å²) in [5.74, 6) is -0.117. The van der Waals surface area contributed by atoms with Crippen LogP contribution in [0.4, 0.5) is 5.69 Å². The van der Waals surface area contributed by atoms with Crippen LogP contribution < -0.4 is 10.6 Å². The predicted octanol–water partition coefficient (Wildman–Crippen LogP) is 0.256. The fourth-order valence-electron chi connectivity index (χ4n) is 2.16. The van der Waals surface area contributed by atoms with Gasteiger partial charge in [-0.05, 0) is 5.56 Å². The van der Waals surface area contributed by atoms with Gasteiger partial charge in [-0.3, -0.25) is 14.9 Å². The topological polar surface area (TPSA) is 104 Å². The molecule has 2 atom stereocenters. The van der Waals surface area contributed by atoms with Gasteiger partial charge in [-0.15, -0.1) is 12.4 Å². The SMILES string of the molecule is Cl.O=C(Cc1ccc([N+](=O)[O-])cc1)NCC1CNCC1O. The van der Waals surface area contributed by atoms with Crippen LogP contribution in [-0.2, 0) is 11.2 Å². The molecule has 8 heteroatoms. The number of hydrogen-bond donors (Lipinski definition) is 3. The van der Waals surface area contributed by atoms with Gasteiger partial charge in [-0.25, -0.2) is 0 Å². The van der Waals surface area contributed by atoms with Crippen molar-refractivity contribution in [2.24, 2.45) is 5.92 Å². The fourth-order valence-corrected chi connectivity index (χ4v) is 2.16. The summed E-state index contributed by atoms with van der Waals surface area (Å²) < 4.78 is 0. The molecule has 3 N–H and O–H groups in total. The van der Waals surface area contributed by atoms with E-state index in [1.54, 1.807) is 12.1 Å². The number of hydrogen-bond acceptors (Lipinski definition) is 5. The van der Waals surface area contributed by atoms with Crippen LogP contribution in [0.2, 0.25) is 0 Å². The van der Waals surface area contributed by atoms with Gasteiger partial charge in [-0.1, -0.05) is 12.1 Å². The molecule has 1 heterocycles. The fraction of sp³-hybridized carbons (Fsp3) is 0.462. The standard InChI is InChI=1S/C13H17N3O4.ClH/c17-12-8-14-6-10(12)7-15-13(18)5-9-1-3-11(4-2-9)16(19)20;/h1-4,10,12,14,17H,5-8H2,(H,15,18);1H. The Hall–Kier alpha value is -1.70. The highest BCUT2D eigenvalue weighted by molar-refractivity contribution is 5.85. The molecule has 0 aromatic heterocycles. The lowest BCUT2D eigenvalue weighted by Gasteiger charge is -2.14. The van der Waals surface area contributed by atoms with Gasteiger partial charge in [0, 0.05) is 37.7 Å². The minimum atomic E-state index is -0.474. The van der Waals surface area contributed by atoms with Crippen molar-refractivity contribution in [1.82, 2.24) is 10.6 Å². The van der Waals surface area contributed by atoms with Gasteiger partial charge in [0.25, 0.3) is 5.69 Å². The number of carbonyl (C=O) groups is 1. The minimum Gasteiger partial charge on any atom is -0.391 e. The molecule has 1 aliphatic rings. The number of benzene rings is 1. The van der Waals surface area contributed by atoms with Crippen molar-refractivity contribution in [2.75, 3.05) is 19.6 Å². The molecule has 2 rings (SSSR count). The number of halogens is 1. The van der Waals surface area contributed by atoms with Crippen molar-refractivity contribution in [3.05, 3.63) is 39.9 Å². The summed E-state index contributed by atoms with van der Waals surface area (Å²) >= 11 is 0. The van der Waals surface area contributed by atoms with E-state index in [1.807, 2.05) is 0 Å². The number of rotatable bonds is 5. The van der Waals surface area contributed by atoms with Gasteiger partial charge in [0.05, 0.1) is 17.4 Å². The summed E-state index contributed by atoms with van der Waals surface area (Å²) in [6.07, 6.45) is -0.247. The van der Waals surface area contributed by atoms with Gasteiger partial charge in [0.15, 0.2) is 0 Å². The first-order chi connectivity index (χ1) is 9.56. The summed E-state index contributed by atoms with van der Waals surface area (Å²) in [7, 11) is 0. The van der Waals surface area contributed by atoms with Gasteiger partial charge in [-0.2, -0.15) is 0 Å². The van der Waals surface area contributed by atoms with E-state index < -0.39 is 11.0 Å². The Labute approximate surface area is 128 Å². The molecule has 0 saturated carbocycles. The summed E-state index contributed by atoms with van der Waals surface area (Å²) in [6, 6.07) is 5.91. The second kappa shape index (κ2) is 7.92. The lowest BCUT2D eigenvalue weighted by molar-refractivity contribution is -0.384. The highest BCUT2D eigenvalue weighted by Crippen LogP contribution is 2.12. The highest BCUT2D eigenvalue weighted by atomic mass is 35.5. The maximum Gasteiger partial charge on any atom is 0.269 e. The van der Waals surface area contributed by atoms with Gasteiger partial charge < -0.3 is 15.7 Å². The van der Waals surface area contributed by atoms with Crippen molar-refractivity contribution in [1.29, 1.82) is 0 Å². The second-order valence-electron chi connectivity index (χ2n) is 4.89. The third kappa shape index (κ3) is 4.96. The molecule has 116 valence electrons. The molecule has 2 unspecified atom stereocenters. The summed E-state index contributed by atoms with van der Waals surface area (Å²) in [5.41, 5.74) is 0.729. The molecule has 1 aromatic rings. The van der Waals surface area contributed by atoms with Crippen molar-refractivity contribution < 1.29 is 14.8 Å². The highest BCUT2D eigenvalue weighted by Gasteiger charge is 2.24. The van der Waals surface area contributed by atoms with E-state index in [0.29, 0.717) is 19.6 Å². The molecule has 1 aromatic carbocycles. The van der Waals surface area contributed by atoms with Crippen molar-refractivity contribution in [3.8, 4) is 0 Å². The minimum absolute atomic E-state index is 0. The van der Waals surface area contributed by atoms with Crippen molar-refractivity contribution in [2.45, 2.75) is 12.5 Å². The molecular weight excluding hydrogens is 298 g/mol. The largest absolute Gasteiger partial charge is 0.391 e. The van der Waals surface area contributed by atoms with Gasteiger partial charge in [0.1, 0.15) is 0 Å². The van der Waals surface area contributed by atoms with E-state index in [1.165, 1.54) is 12.1 Å². The lowest BCUT2D eigenvalue weighted by Crippen LogP contribution is -2.35. The molecule has 1 amide bonds. The summed E-state index contributed by atoms with van der Waals surface area (Å²) in [4.78, 5) is 21.8. The molecule has 0 bridgehead atoms. The van der Waals surface area contributed by atoms with Gasteiger partial charge >= 0.3 is 0 Å². The Kier molecular flexibility index (Phi) is 6.54. The van der Waals surface area contributed by atoms with E-state index in [0.717, 1.165) is 5.56 Å². The van der Waals surface area contributed by atoms with Crippen LogP contribution in [0.15, 0.2) is 24.3 Å². The van der Waals surface area contributed by atoms with E-state index >= 15 is 0 Å². The molecular formula is C13H18ClN3O4. The maximum atomic E-state index is 11.7. The summed E-state index contributed by atoms with van der Waals surface area (Å²) in [5, 5.41) is 25.9. The number of nitrogens with one attached hydrogen (secondary N) is 2. The Morgan fingerprint density at radius 2 is 2.05 bits per heavy atom. The monoisotopic (exact) mass is 315 g/mol. The van der Waals surface area contributed by atoms with E-state index in [2.05, 4.69) is 10.6 Å². The second-order valence-corrected chi connectivity index (χ2v) is 4.89. The quantitative estimate of drug-likeness (QED) is 0.534. The smallest absolute Gasteiger partial charge is 0.269 e. The first-order valence-electron chi connectivity index (χ1n) is 6.45. The zero-order valence-corrected chi connectivity index (χ0v) is 12.1. The molecule has 0 radical (unpaired) electrons. The molecule has 0 aliphatic carbocycles. The van der Waals surface area contributed by atoms with Crippen LogP contribution in [-0.4, -0.2) is 41.7 Å². The molecule has 1 fully saturated rings. The Balaban J connectivity index is 0.00000220. The lowest BCUT2D eigenvalue weighted by atomic mass is 10.1. The predicted molar refractivity (Wildman–Crippen MR) is 79.4 cm³/mol. The Morgan fingerprint density at radius 1 is 1.38 bits per heavy atom. The van der Waals surface area contributed by atoms with Gasteiger partial charge in [0.2, 0.25) is 5.91 Å². The van der Waals surface area contributed by atoms with Crippen LogP contribution >= 0.6 is 12.4 Å². The van der Waals surface area contributed by atoms with E-state index in [9.17, 15) is 20.0 Å². The number of nitro benzene ring substituents is 1. The third-order valence-electron chi connectivity index (χ3n) is 3.38. The number of aliphatic hydroxyl groups is 1. The van der Waals surface area contributed by atoms with Crippen molar-refractivity contribution >= 4 is 24.0 Å². The number of aliphatic hydroxyl groups excluding tert-OH is 1. The molecule has 0 spiro atoms. The third-order valence-corrected chi connectivity index (χ3v) is 3.38. The number of carbonyl (C=O) groups excluding carboxylic acids is 1. The van der Waals surface area contributed by atoms with E-state index in [4.69, 9.17) is 0 Å². The number of amides is 1. The maximum absolute atomic E-state index is 11.7. The number of nitro groups is 1.